The Morgan fingerprint density at radius 1 is 0.688 bits per heavy atom. The number of nitro benzene ring substituents is 1. The third-order valence-electron chi connectivity index (χ3n) is 5.15. The number of carbonyl (C=O) groups is 3. The van der Waals surface area contributed by atoms with Crippen molar-refractivity contribution in [3.8, 4) is 0 Å². The largest absolute Gasteiger partial charge is 0.478 e. The summed E-state index contributed by atoms with van der Waals surface area (Å²) in [4.78, 5) is 41.1. The van der Waals surface area contributed by atoms with Gasteiger partial charge in [-0.15, -0.1) is 12.4 Å². The van der Waals surface area contributed by atoms with Gasteiger partial charge < -0.3 is 31.5 Å². The molecule has 0 aliphatic carbocycles. The van der Waals surface area contributed by atoms with Crippen molar-refractivity contribution in [2.45, 2.75) is 18.5 Å². The minimum absolute atomic E-state index is 0. The summed E-state index contributed by atoms with van der Waals surface area (Å²) in [5.74, 6) is -3.77. The molecular formula is C26H25ClF9N3O9. The number of nitrogens with zero attached hydrogens (tertiary/aromatic N) is 1. The Labute approximate surface area is 270 Å². The van der Waals surface area contributed by atoms with Crippen molar-refractivity contribution in [2.24, 2.45) is 0 Å². The first-order valence-corrected chi connectivity index (χ1v) is 11.7. The van der Waals surface area contributed by atoms with Crippen molar-refractivity contribution in [3.05, 3.63) is 98.1 Å². The molecule has 0 saturated carbocycles. The number of ether oxygens (including phenoxy) is 1. The maximum Gasteiger partial charge on any atom is 0.416 e. The van der Waals surface area contributed by atoms with Gasteiger partial charge in [0.1, 0.15) is 5.56 Å². The number of hydrogen-bond acceptors (Lipinski definition) is 9. The molecule has 0 heterocycles. The van der Waals surface area contributed by atoms with Gasteiger partial charge in [-0.1, -0.05) is 0 Å². The maximum atomic E-state index is 12.2. The number of aliphatic hydroxyl groups excluding tert-OH is 1. The number of carboxylic acids is 2. The van der Waals surface area contributed by atoms with Crippen molar-refractivity contribution in [3.63, 3.8) is 0 Å². The van der Waals surface area contributed by atoms with Crippen molar-refractivity contribution in [1.82, 2.24) is 0 Å². The van der Waals surface area contributed by atoms with E-state index in [-0.39, 0.29) is 36.7 Å². The van der Waals surface area contributed by atoms with E-state index in [0.29, 0.717) is 30.3 Å². The van der Waals surface area contributed by atoms with Gasteiger partial charge in [0, 0.05) is 26.0 Å². The number of aromatic carboxylic acids is 2. The predicted octanol–water partition coefficient (Wildman–Crippen LogP) is 6.65. The van der Waals surface area contributed by atoms with Gasteiger partial charge in [-0.2, -0.15) is 39.5 Å². The number of benzene rings is 3. The Bertz CT molecular complexity index is 1600. The first kappa shape index (κ1) is 44.8. The fourth-order valence-corrected chi connectivity index (χ4v) is 3.01. The summed E-state index contributed by atoms with van der Waals surface area (Å²) < 4.78 is 114. The summed E-state index contributed by atoms with van der Waals surface area (Å²) in [5, 5.41) is 34.4. The fourth-order valence-electron chi connectivity index (χ4n) is 3.01. The number of carboxylic acid groups (broad SMARTS) is 2. The molecule has 3 aromatic rings. The molecule has 0 atom stereocenters. The molecule has 0 amide bonds. The molecule has 3 rings (SSSR count). The van der Waals surface area contributed by atoms with E-state index < -0.39 is 75.0 Å². The van der Waals surface area contributed by atoms with Gasteiger partial charge in [0.25, 0.3) is 5.69 Å². The van der Waals surface area contributed by atoms with Crippen molar-refractivity contribution < 1.29 is 80.3 Å². The fraction of sp³-hybridized carbons (Fsp3) is 0.192. The van der Waals surface area contributed by atoms with Crippen molar-refractivity contribution in [1.29, 1.82) is 0 Å². The summed E-state index contributed by atoms with van der Waals surface area (Å²) in [5.41, 5.74) is 4.39. The maximum absolute atomic E-state index is 12.2. The zero-order chi connectivity index (χ0) is 37.1. The van der Waals surface area contributed by atoms with Crippen LogP contribution in [-0.4, -0.2) is 52.4 Å². The van der Waals surface area contributed by atoms with Crippen LogP contribution in [0.2, 0.25) is 0 Å². The molecule has 0 bridgehead atoms. The first-order valence-electron chi connectivity index (χ1n) is 11.7. The molecular weight excluding hydrogens is 705 g/mol. The Hall–Kier alpha value is -5.31. The summed E-state index contributed by atoms with van der Waals surface area (Å²) in [6.45, 7) is 0. The van der Waals surface area contributed by atoms with Crippen LogP contribution >= 0.6 is 12.4 Å². The zero-order valence-electron chi connectivity index (χ0n) is 23.9. The molecule has 3 aromatic carbocycles. The topological polar surface area (TPSA) is 216 Å². The number of aliphatic hydroxyl groups is 1. The van der Waals surface area contributed by atoms with Crippen LogP contribution in [0.5, 0.6) is 0 Å². The van der Waals surface area contributed by atoms with Crippen LogP contribution in [0.15, 0.2) is 54.6 Å². The van der Waals surface area contributed by atoms with Gasteiger partial charge in [-0.3, -0.25) is 10.1 Å². The number of methoxy groups -OCH3 is 1. The van der Waals surface area contributed by atoms with Gasteiger partial charge in [0.05, 0.1) is 39.9 Å². The van der Waals surface area contributed by atoms with Crippen molar-refractivity contribution in [2.75, 3.05) is 25.7 Å². The van der Waals surface area contributed by atoms with E-state index in [1.54, 1.807) is 0 Å². The average molecular weight is 730 g/mol. The molecule has 0 fully saturated rings. The second-order valence-corrected chi connectivity index (χ2v) is 8.19. The number of esters is 1. The number of carbonyl (C=O) groups excluding carboxylic acids is 1. The van der Waals surface area contributed by atoms with E-state index in [1.807, 2.05) is 0 Å². The Morgan fingerprint density at radius 2 is 1.00 bits per heavy atom. The van der Waals surface area contributed by atoms with Crippen LogP contribution in [0, 0.1) is 10.1 Å². The summed E-state index contributed by atoms with van der Waals surface area (Å²) >= 11 is 0. The molecule has 0 spiro atoms. The van der Waals surface area contributed by atoms with Crippen LogP contribution in [0.25, 0.3) is 0 Å². The lowest BCUT2D eigenvalue weighted by atomic mass is 10.1. The molecule has 12 nitrogen and oxygen atoms in total. The molecule has 7 N–H and O–H groups in total. The number of anilines is 2. The van der Waals surface area contributed by atoms with E-state index in [9.17, 15) is 64.0 Å². The quantitative estimate of drug-likeness (QED) is 0.0630. The number of alkyl halides is 9. The average Bonchev–Trinajstić information content (AvgIpc) is 2.96. The van der Waals surface area contributed by atoms with Crippen LogP contribution < -0.4 is 11.5 Å². The molecule has 0 saturated heterocycles. The highest BCUT2D eigenvalue weighted by molar-refractivity contribution is 5.95. The summed E-state index contributed by atoms with van der Waals surface area (Å²) in [6, 6.07) is 5.83. The molecule has 0 aliphatic heterocycles. The Morgan fingerprint density at radius 3 is 1.27 bits per heavy atom. The van der Waals surface area contributed by atoms with E-state index in [0.717, 1.165) is 32.4 Å². The monoisotopic (exact) mass is 729 g/mol. The van der Waals surface area contributed by atoms with Crippen LogP contribution in [0.4, 0.5) is 56.6 Å². The third kappa shape index (κ3) is 13.2. The number of nitrogens with two attached hydrogens (primary N) is 2. The summed E-state index contributed by atoms with van der Waals surface area (Å²) in [6.07, 6.45) is -13.7. The van der Waals surface area contributed by atoms with Crippen LogP contribution in [0.3, 0.4) is 0 Å². The Balaban J connectivity index is -0.000000620. The Kier molecular flexibility index (Phi) is 16.9. The second-order valence-electron chi connectivity index (χ2n) is 8.19. The van der Waals surface area contributed by atoms with Gasteiger partial charge in [-0.05, 0) is 48.5 Å². The third-order valence-corrected chi connectivity index (χ3v) is 5.15. The highest BCUT2D eigenvalue weighted by Gasteiger charge is 2.34. The van der Waals surface area contributed by atoms with Gasteiger partial charge in [-0.25, -0.2) is 14.4 Å². The highest BCUT2D eigenvalue weighted by Crippen LogP contribution is 2.34. The minimum Gasteiger partial charge on any atom is -0.478 e. The predicted molar refractivity (Wildman–Crippen MR) is 153 cm³/mol. The minimum atomic E-state index is -4.75. The SMILES string of the molecule is CO.COC(=O)c1ccc(C(F)(F)F)cc1N.Cl.Nc1cc(C(F)(F)F)ccc1C(=O)O.O=C(O)c1ccc(C(F)(F)F)cc1[N+](=O)[O-].[HH]. The van der Waals surface area contributed by atoms with Crippen LogP contribution in [0.1, 0.15) is 49.2 Å². The number of nitro groups is 1. The zero-order valence-corrected chi connectivity index (χ0v) is 24.7. The molecule has 0 unspecified atom stereocenters. The standard InChI is InChI=1S/C9H8F3NO2.C8H4F3NO4.C8H6F3NO2.CH4O.ClH.H2/c1-15-8(14)6-3-2-5(4-7(6)13)9(10,11)12;9-8(10,11)4-1-2-5(7(13)14)6(3-4)12(15)16;9-8(10,11)4-1-2-5(7(13)14)6(12)3-4;1-2;;/h2-4H,13H2,1H3;1-3H,(H,13,14);1-3H,12H2,(H,13,14);2H,1H3;2*1H. The number of nitrogen functional groups attached to an aromatic ring is 2. The highest BCUT2D eigenvalue weighted by atomic mass is 35.5. The smallest absolute Gasteiger partial charge is 0.416 e. The first-order chi connectivity index (χ1) is 21.4. The molecule has 268 valence electrons. The number of rotatable bonds is 4. The van der Waals surface area contributed by atoms with Crippen molar-refractivity contribution >= 4 is 47.4 Å². The van der Waals surface area contributed by atoms with E-state index >= 15 is 0 Å². The van der Waals surface area contributed by atoms with E-state index in [2.05, 4.69) is 4.74 Å². The lowest BCUT2D eigenvalue weighted by molar-refractivity contribution is -0.385. The van der Waals surface area contributed by atoms with Gasteiger partial charge in [0.15, 0.2) is 0 Å². The van der Waals surface area contributed by atoms with E-state index in [1.165, 1.54) is 0 Å². The number of hydrogen-bond donors (Lipinski definition) is 5. The van der Waals surface area contributed by atoms with Crippen LogP contribution in [-0.2, 0) is 23.3 Å². The molecule has 0 aliphatic rings. The van der Waals surface area contributed by atoms with Gasteiger partial charge >= 0.3 is 36.4 Å². The summed E-state index contributed by atoms with van der Waals surface area (Å²) in [7, 11) is 2.12. The lowest BCUT2D eigenvalue weighted by Gasteiger charge is -2.09. The molecule has 22 heteroatoms. The second kappa shape index (κ2) is 18.1. The lowest BCUT2D eigenvalue weighted by Crippen LogP contribution is -2.10. The van der Waals surface area contributed by atoms with E-state index in [4.69, 9.17) is 26.8 Å². The number of halogens is 10. The normalized spacial score (nSPS) is 10.7. The molecule has 0 aromatic heterocycles. The molecule has 48 heavy (non-hydrogen) atoms. The molecule has 0 radical (unpaired) electrons. The van der Waals surface area contributed by atoms with Gasteiger partial charge in [0.2, 0.25) is 0 Å².